The summed E-state index contributed by atoms with van der Waals surface area (Å²) in [6.07, 6.45) is 1.98. The van der Waals surface area contributed by atoms with Gasteiger partial charge < -0.3 is 15.2 Å². The number of carboxylic acid groups (broad SMARTS) is 1. The number of rotatable bonds is 7. The van der Waals surface area contributed by atoms with E-state index in [4.69, 9.17) is 11.6 Å². The number of benzene rings is 1. The van der Waals surface area contributed by atoms with Crippen molar-refractivity contribution in [2.24, 2.45) is 0 Å². The number of hydrogen-bond donors (Lipinski definition) is 1. The fourth-order valence-electron chi connectivity index (χ4n) is 1.52. The molecule has 0 saturated carbocycles. The first-order chi connectivity index (χ1) is 9.86. The SMILES string of the molecule is CSCC[C@@H](NC(=O)c1cc([N+](=O)[O-])ccc1Cl)C(=O)[O-]. The first-order valence-corrected chi connectivity index (χ1v) is 7.58. The lowest BCUT2D eigenvalue weighted by Gasteiger charge is -2.19. The van der Waals surface area contributed by atoms with E-state index in [-0.39, 0.29) is 22.7 Å². The Kier molecular flexibility index (Phi) is 6.44. The Labute approximate surface area is 129 Å². The van der Waals surface area contributed by atoms with Gasteiger partial charge in [-0.05, 0) is 24.5 Å². The number of nitro benzene ring substituents is 1. The lowest BCUT2D eigenvalue weighted by molar-refractivity contribution is -0.384. The van der Waals surface area contributed by atoms with Gasteiger partial charge in [-0.1, -0.05) is 11.6 Å². The summed E-state index contributed by atoms with van der Waals surface area (Å²) < 4.78 is 0. The Morgan fingerprint density at radius 2 is 2.14 bits per heavy atom. The van der Waals surface area contributed by atoms with Crippen LogP contribution >= 0.6 is 23.4 Å². The summed E-state index contributed by atoms with van der Waals surface area (Å²) in [6, 6.07) is 2.19. The monoisotopic (exact) mass is 331 g/mol. The molecule has 1 amide bonds. The van der Waals surface area contributed by atoms with E-state index in [2.05, 4.69) is 5.32 Å². The van der Waals surface area contributed by atoms with Gasteiger partial charge in [0.15, 0.2) is 0 Å². The Bertz CT molecular complexity index is 567. The third kappa shape index (κ3) is 4.91. The Hall–Kier alpha value is -1.80. The minimum absolute atomic E-state index is 0.0000597. The summed E-state index contributed by atoms with van der Waals surface area (Å²) in [5.41, 5.74) is -0.458. The normalized spacial score (nSPS) is 11.7. The zero-order valence-corrected chi connectivity index (χ0v) is 12.6. The maximum absolute atomic E-state index is 12.0. The number of carbonyl (C=O) groups excluding carboxylic acids is 2. The smallest absolute Gasteiger partial charge is 0.270 e. The molecule has 0 aliphatic rings. The van der Waals surface area contributed by atoms with Gasteiger partial charge >= 0.3 is 0 Å². The Morgan fingerprint density at radius 3 is 2.67 bits per heavy atom. The highest BCUT2D eigenvalue weighted by atomic mass is 35.5. The summed E-state index contributed by atoms with van der Waals surface area (Å²) in [7, 11) is 0. The van der Waals surface area contributed by atoms with Crippen LogP contribution < -0.4 is 10.4 Å². The number of amides is 1. The lowest BCUT2D eigenvalue weighted by atomic mass is 10.1. The minimum Gasteiger partial charge on any atom is -0.548 e. The fraction of sp³-hybridized carbons (Fsp3) is 0.333. The van der Waals surface area contributed by atoms with Gasteiger partial charge in [0.2, 0.25) is 0 Å². The molecule has 0 spiro atoms. The average Bonchev–Trinajstić information content (AvgIpc) is 2.42. The summed E-state index contributed by atoms with van der Waals surface area (Å²) >= 11 is 7.23. The van der Waals surface area contributed by atoms with E-state index in [1.807, 2.05) is 0 Å². The lowest BCUT2D eigenvalue weighted by Crippen LogP contribution is -2.48. The van der Waals surface area contributed by atoms with E-state index < -0.39 is 22.8 Å². The number of nitro groups is 1. The van der Waals surface area contributed by atoms with Crippen molar-refractivity contribution in [3.8, 4) is 0 Å². The molecule has 0 unspecified atom stereocenters. The molecule has 0 heterocycles. The van der Waals surface area contributed by atoms with Crippen molar-refractivity contribution in [1.82, 2.24) is 5.32 Å². The predicted molar refractivity (Wildman–Crippen MR) is 77.4 cm³/mol. The number of halogens is 1. The Morgan fingerprint density at radius 1 is 1.48 bits per heavy atom. The van der Waals surface area contributed by atoms with Crippen LogP contribution in [-0.2, 0) is 4.79 Å². The number of hydrogen-bond acceptors (Lipinski definition) is 6. The van der Waals surface area contributed by atoms with Crippen LogP contribution in [0.15, 0.2) is 18.2 Å². The quantitative estimate of drug-likeness (QED) is 0.585. The summed E-state index contributed by atoms with van der Waals surface area (Å²) in [6.45, 7) is 0. The molecule has 1 aromatic rings. The van der Waals surface area contributed by atoms with Gasteiger partial charge in [0.25, 0.3) is 11.6 Å². The third-order valence-electron chi connectivity index (χ3n) is 2.61. The molecule has 1 rings (SSSR count). The largest absolute Gasteiger partial charge is 0.548 e. The number of non-ortho nitro benzene ring substituents is 1. The van der Waals surface area contributed by atoms with Crippen molar-refractivity contribution in [2.45, 2.75) is 12.5 Å². The molecule has 0 aliphatic heterocycles. The van der Waals surface area contributed by atoms with E-state index in [9.17, 15) is 24.8 Å². The van der Waals surface area contributed by atoms with Crippen molar-refractivity contribution in [3.05, 3.63) is 38.9 Å². The zero-order chi connectivity index (χ0) is 16.0. The average molecular weight is 332 g/mol. The van der Waals surface area contributed by atoms with Gasteiger partial charge in [-0.15, -0.1) is 0 Å². The molecule has 1 aromatic carbocycles. The van der Waals surface area contributed by atoms with E-state index in [1.54, 1.807) is 6.26 Å². The topological polar surface area (TPSA) is 112 Å². The van der Waals surface area contributed by atoms with Crippen LogP contribution in [0.5, 0.6) is 0 Å². The molecule has 0 bridgehead atoms. The number of nitrogens with zero attached hydrogens (tertiary/aromatic N) is 1. The molecule has 0 radical (unpaired) electrons. The maximum atomic E-state index is 12.0. The molecular formula is C12H12ClN2O5S-. The molecule has 1 N–H and O–H groups in total. The van der Waals surface area contributed by atoms with E-state index in [1.165, 1.54) is 17.8 Å². The molecule has 0 saturated heterocycles. The maximum Gasteiger partial charge on any atom is 0.270 e. The van der Waals surface area contributed by atoms with Gasteiger partial charge in [0.1, 0.15) is 0 Å². The van der Waals surface area contributed by atoms with E-state index >= 15 is 0 Å². The van der Waals surface area contributed by atoms with Crippen LogP contribution in [0.2, 0.25) is 5.02 Å². The number of carbonyl (C=O) groups is 2. The van der Waals surface area contributed by atoms with Crippen LogP contribution in [0.1, 0.15) is 16.8 Å². The summed E-state index contributed by atoms with van der Waals surface area (Å²) in [4.78, 5) is 33.0. The van der Waals surface area contributed by atoms with Gasteiger partial charge in [0.05, 0.1) is 27.5 Å². The van der Waals surface area contributed by atoms with Crippen LogP contribution in [0.4, 0.5) is 5.69 Å². The first-order valence-electron chi connectivity index (χ1n) is 5.81. The second-order valence-corrected chi connectivity index (χ2v) is 5.44. The van der Waals surface area contributed by atoms with Gasteiger partial charge in [-0.25, -0.2) is 0 Å². The van der Waals surface area contributed by atoms with Gasteiger partial charge in [-0.3, -0.25) is 14.9 Å². The number of nitrogens with one attached hydrogen (secondary N) is 1. The van der Waals surface area contributed by atoms with E-state index in [0.717, 1.165) is 12.1 Å². The second-order valence-electron chi connectivity index (χ2n) is 4.05. The van der Waals surface area contributed by atoms with Crippen LogP contribution in [0.25, 0.3) is 0 Å². The standard InChI is InChI=1S/C12H13ClN2O5S/c1-21-5-4-10(12(17)18)14-11(16)8-6-7(15(19)20)2-3-9(8)13/h2-3,6,10H,4-5H2,1H3,(H,14,16)(H,17,18)/p-1/t10-/m1/s1. The fourth-order valence-corrected chi connectivity index (χ4v) is 2.20. The molecule has 0 fully saturated rings. The molecule has 1 atom stereocenters. The van der Waals surface area contributed by atoms with Crippen LogP contribution in [0.3, 0.4) is 0 Å². The third-order valence-corrected chi connectivity index (χ3v) is 3.58. The van der Waals surface area contributed by atoms with Crippen molar-refractivity contribution in [2.75, 3.05) is 12.0 Å². The number of carboxylic acids is 1. The molecular weight excluding hydrogens is 320 g/mol. The summed E-state index contributed by atoms with van der Waals surface area (Å²) in [5, 5.41) is 23.9. The molecule has 114 valence electrons. The number of aliphatic carboxylic acids is 1. The van der Waals surface area contributed by atoms with Crippen molar-refractivity contribution in [1.29, 1.82) is 0 Å². The molecule has 21 heavy (non-hydrogen) atoms. The van der Waals surface area contributed by atoms with Gasteiger partial charge in [-0.2, -0.15) is 11.8 Å². The second kappa shape index (κ2) is 7.84. The zero-order valence-electron chi connectivity index (χ0n) is 11.0. The Balaban J connectivity index is 2.94. The highest BCUT2D eigenvalue weighted by Gasteiger charge is 2.19. The van der Waals surface area contributed by atoms with Gasteiger partial charge in [0, 0.05) is 12.1 Å². The van der Waals surface area contributed by atoms with Crippen LogP contribution in [0, 0.1) is 10.1 Å². The molecule has 9 heteroatoms. The predicted octanol–water partition coefficient (Wildman–Crippen LogP) is 0.850. The van der Waals surface area contributed by atoms with Crippen molar-refractivity contribution in [3.63, 3.8) is 0 Å². The molecule has 0 aliphatic carbocycles. The van der Waals surface area contributed by atoms with Crippen molar-refractivity contribution >= 4 is 40.9 Å². The first kappa shape index (κ1) is 17.3. The number of thioether (sulfide) groups is 1. The highest BCUT2D eigenvalue weighted by Crippen LogP contribution is 2.22. The summed E-state index contributed by atoms with van der Waals surface area (Å²) in [5.74, 6) is -1.69. The van der Waals surface area contributed by atoms with Crippen LogP contribution in [-0.4, -0.2) is 34.9 Å². The van der Waals surface area contributed by atoms with E-state index in [0.29, 0.717) is 5.75 Å². The minimum atomic E-state index is -1.42. The molecule has 0 aromatic heterocycles. The highest BCUT2D eigenvalue weighted by molar-refractivity contribution is 7.98. The van der Waals surface area contributed by atoms with Crippen molar-refractivity contribution < 1.29 is 19.6 Å². The molecule has 7 nitrogen and oxygen atoms in total.